The maximum atomic E-state index is 12.3. The van der Waals surface area contributed by atoms with E-state index in [9.17, 15) is 4.79 Å². The van der Waals surface area contributed by atoms with Gasteiger partial charge in [0.05, 0.1) is 0 Å². The fraction of sp³-hybridized carbons (Fsp3) is 0.611. The first-order valence-electron chi connectivity index (χ1n) is 8.39. The third kappa shape index (κ3) is 4.01. The van der Waals surface area contributed by atoms with Gasteiger partial charge >= 0.3 is 0 Å². The normalized spacial score (nSPS) is 21.4. The van der Waals surface area contributed by atoms with Gasteiger partial charge in [0.25, 0.3) is 5.91 Å². The van der Waals surface area contributed by atoms with Crippen molar-refractivity contribution in [3.63, 3.8) is 0 Å². The lowest BCUT2D eigenvalue weighted by Gasteiger charge is -2.32. The molecule has 2 fully saturated rings. The predicted molar refractivity (Wildman–Crippen MR) is 87.0 cm³/mol. The maximum Gasteiger partial charge on any atom is 0.260 e. The highest BCUT2D eigenvalue weighted by atomic mass is 16.5. The standard InChI is InChI=1S/C18H26N2O2/c1-13-4-3-5-17(12-13)22-14(2)18(21)19-15-8-10-20(11-9-15)16-6-7-16/h3-5,12,14-16H,6-11H2,1-2H3,(H,19,21)/t14-/m1/s1. The number of rotatable bonds is 5. The van der Waals surface area contributed by atoms with Crippen molar-refractivity contribution < 1.29 is 9.53 Å². The minimum absolute atomic E-state index is 0.00798. The second-order valence-electron chi connectivity index (χ2n) is 6.63. The van der Waals surface area contributed by atoms with Gasteiger partial charge in [-0.3, -0.25) is 4.79 Å². The molecule has 1 aromatic rings. The molecule has 1 heterocycles. The van der Waals surface area contributed by atoms with Crippen molar-refractivity contribution in [1.82, 2.24) is 10.2 Å². The Hall–Kier alpha value is -1.55. The third-order valence-electron chi connectivity index (χ3n) is 4.61. The molecule has 1 aromatic carbocycles. The summed E-state index contributed by atoms with van der Waals surface area (Å²) >= 11 is 0. The molecule has 2 aliphatic rings. The highest BCUT2D eigenvalue weighted by Gasteiger charge is 2.32. The predicted octanol–water partition coefficient (Wildman–Crippen LogP) is 2.51. The van der Waals surface area contributed by atoms with Gasteiger partial charge in [0, 0.05) is 25.2 Å². The van der Waals surface area contributed by atoms with Crippen molar-refractivity contribution in [3.05, 3.63) is 29.8 Å². The molecule has 0 aromatic heterocycles. The van der Waals surface area contributed by atoms with Crippen molar-refractivity contribution in [2.45, 2.75) is 57.7 Å². The van der Waals surface area contributed by atoms with Gasteiger partial charge < -0.3 is 15.0 Å². The Kier molecular flexibility index (Phi) is 4.67. The van der Waals surface area contributed by atoms with Crippen LogP contribution in [0.3, 0.4) is 0 Å². The zero-order chi connectivity index (χ0) is 15.5. The maximum absolute atomic E-state index is 12.3. The number of amides is 1. The first kappa shape index (κ1) is 15.3. The molecule has 4 nitrogen and oxygen atoms in total. The first-order valence-corrected chi connectivity index (χ1v) is 8.39. The van der Waals surface area contributed by atoms with Crippen molar-refractivity contribution in [1.29, 1.82) is 0 Å². The van der Waals surface area contributed by atoms with E-state index in [1.54, 1.807) is 0 Å². The first-order chi connectivity index (χ1) is 10.6. The van der Waals surface area contributed by atoms with Crippen molar-refractivity contribution in [2.75, 3.05) is 13.1 Å². The number of piperidine rings is 1. The molecule has 0 bridgehead atoms. The summed E-state index contributed by atoms with van der Waals surface area (Å²) < 4.78 is 5.75. The lowest BCUT2D eigenvalue weighted by Crippen LogP contribution is -2.48. The molecular formula is C18H26N2O2. The highest BCUT2D eigenvalue weighted by molar-refractivity contribution is 5.81. The molecule has 1 N–H and O–H groups in total. The molecule has 22 heavy (non-hydrogen) atoms. The Bertz CT molecular complexity index is 520. The number of nitrogens with zero attached hydrogens (tertiary/aromatic N) is 1. The molecule has 3 rings (SSSR count). The average molecular weight is 302 g/mol. The largest absolute Gasteiger partial charge is 0.481 e. The van der Waals surface area contributed by atoms with Crippen molar-refractivity contribution in [2.24, 2.45) is 0 Å². The molecule has 1 saturated heterocycles. The van der Waals surface area contributed by atoms with E-state index < -0.39 is 6.10 Å². The zero-order valence-corrected chi connectivity index (χ0v) is 13.5. The molecule has 0 radical (unpaired) electrons. The molecule has 0 unspecified atom stereocenters. The van der Waals surface area contributed by atoms with E-state index in [-0.39, 0.29) is 5.91 Å². The summed E-state index contributed by atoms with van der Waals surface area (Å²) in [6.45, 7) is 6.06. The number of hydrogen-bond donors (Lipinski definition) is 1. The Labute approximate surface area is 132 Å². The Morgan fingerprint density at radius 2 is 2.00 bits per heavy atom. The monoisotopic (exact) mass is 302 g/mol. The summed E-state index contributed by atoms with van der Waals surface area (Å²) in [5, 5.41) is 3.14. The van der Waals surface area contributed by atoms with Gasteiger partial charge in [0.2, 0.25) is 0 Å². The van der Waals surface area contributed by atoms with Gasteiger partial charge in [-0.15, -0.1) is 0 Å². The van der Waals surface area contributed by atoms with E-state index in [0.717, 1.165) is 43.3 Å². The van der Waals surface area contributed by atoms with Gasteiger partial charge in [-0.25, -0.2) is 0 Å². The molecule has 0 spiro atoms. The molecule has 120 valence electrons. The summed E-state index contributed by atoms with van der Waals surface area (Å²) in [6.07, 6.45) is 4.37. The van der Waals surface area contributed by atoms with Crippen LogP contribution in [0.25, 0.3) is 0 Å². The average Bonchev–Trinajstić information content (AvgIpc) is 3.32. The van der Waals surface area contributed by atoms with Gasteiger partial charge in [-0.05, 0) is 57.2 Å². The van der Waals surface area contributed by atoms with Crippen LogP contribution in [0.2, 0.25) is 0 Å². The molecule has 4 heteroatoms. The Morgan fingerprint density at radius 1 is 1.27 bits per heavy atom. The zero-order valence-electron chi connectivity index (χ0n) is 13.5. The van der Waals surface area contributed by atoms with Gasteiger partial charge in [-0.1, -0.05) is 12.1 Å². The molecule has 1 atom stereocenters. The summed E-state index contributed by atoms with van der Waals surface area (Å²) in [7, 11) is 0. The fourth-order valence-corrected chi connectivity index (χ4v) is 3.11. The smallest absolute Gasteiger partial charge is 0.260 e. The molecular weight excluding hydrogens is 276 g/mol. The van der Waals surface area contributed by atoms with Crippen LogP contribution in [-0.2, 0) is 4.79 Å². The number of hydrogen-bond acceptors (Lipinski definition) is 3. The van der Waals surface area contributed by atoms with Crippen LogP contribution in [0.15, 0.2) is 24.3 Å². The topological polar surface area (TPSA) is 41.6 Å². The van der Waals surface area contributed by atoms with E-state index in [1.807, 2.05) is 38.1 Å². The van der Waals surface area contributed by atoms with Crippen LogP contribution in [-0.4, -0.2) is 42.1 Å². The minimum Gasteiger partial charge on any atom is -0.481 e. The van der Waals surface area contributed by atoms with Crippen LogP contribution in [0.1, 0.15) is 38.2 Å². The SMILES string of the molecule is Cc1cccc(O[C@H](C)C(=O)NC2CCN(C3CC3)CC2)c1. The Morgan fingerprint density at radius 3 is 2.64 bits per heavy atom. The van der Waals surface area contributed by atoms with E-state index >= 15 is 0 Å². The number of carbonyl (C=O) groups is 1. The van der Waals surface area contributed by atoms with Crippen LogP contribution in [0.5, 0.6) is 5.75 Å². The molecule has 1 aliphatic carbocycles. The number of ether oxygens (including phenoxy) is 1. The lowest BCUT2D eigenvalue weighted by molar-refractivity contribution is -0.128. The van der Waals surface area contributed by atoms with Crippen molar-refractivity contribution >= 4 is 5.91 Å². The molecule has 1 aliphatic heterocycles. The fourth-order valence-electron chi connectivity index (χ4n) is 3.11. The van der Waals surface area contributed by atoms with E-state index in [4.69, 9.17) is 4.74 Å². The van der Waals surface area contributed by atoms with Crippen molar-refractivity contribution in [3.8, 4) is 5.75 Å². The lowest BCUT2D eigenvalue weighted by atomic mass is 10.0. The number of likely N-dealkylation sites (tertiary alicyclic amines) is 1. The van der Waals surface area contributed by atoms with Crippen LogP contribution >= 0.6 is 0 Å². The third-order valence-corrected chi connectivity index (χ3v) is 4.61. The van der Waals surface area contributed by atoms with E-state index in [2.05, 4.69) is 10.2 Å². The second-order valence-corrected chi connectivity index (χ2v) is 6.63. The Balaban J connectivity index is 1.45. The van der Waals surface area contributed by atoms with Gasteiger partial charge in [0.15, 0.2) is 6.10 Å². The number of nitrogens with one attached hydrogen (secondary N) is 1. The number of aryl methyl sites for hydroxylation is 1. The van der Waals surface area contributed by atoms with Crippen LogP contribution in [0.4, 0.5) is 0 Å². The molecule has 1 saturated carbocycles. The quantitative estimate of drug-likeness (QED) is 0.908. The van der Waals surface area contributed by atoms with Gasteiger partial charge in [-0.2, -0.15) is 0 Å². The summed E-state index contributed by atoms with van der Waals surface area (Å²) in [4.78, 5) is 14.8. The molecule has 1 amide bonds. The minimum atomic E-state index is -0.455. The number of benzene rings is 1. The summed E-state index contributed by atoms with van der Waals surface area (Å²) in [6, 6.07) is 8.95. The van der Waals surface area contributed by atoms with E-state index in [1.165, 1.54) is 12.8 Å². The summed E-state index contributed by atoms with van der Waals surface area (Å²) in [5.74, 6) is 0.748. The van der Waals surface area contributed by atoms with Crippen LogP contribution < -0.4 is 10.1 Å². The van der Waals surface area contributed by atoms with Crippen LogP contribution in [0, 0.1) is 6.92 Å². The highest BCUT2D eigenvalue weighted by Crippen LogP contribution is 2.29. The van der Waals surface area contributed by atoms with Gasteiger partial charge in [0.1, 0.15) is 5.75 Å². The number of carbonyl (C=O) groups excluding carboxylic acids is 1. The second kappa shape index (κ2) is 6.69. The van der Waals surface area contributed by atoms with E-state index in [0.29, 0.717) is 6.04 Å². The summed E-state index contributed by atoms with van der Waals surface area (Å²) in [5.41, 5.74) is 1.14.